The lowest BCUT2D eigenvalue weighted by atomic mass is 9.96. The van der Waals surface area contributed by atoms with E-state index in [2.05, 4.69) is 15.0 Å². The van der Waals surface area contributed by atoms with E-state index in [1.807, 2.05) is 35.8 Å². The van der Waals surface area contributed by atoms with Crippen LogP contribution in [0.5, 0.6) is 5.75 Å². The molecule has 210 valence electrons. The Morgan fingerprint density at radius 1 is 0.951 bits per heavy atom. The number of alkyl halides is 3. The maximum Gasteiger partial charge on any atom is 0.573 e. The zero-order valence-corrected chi connectivity index (χ0v) is 22.3. The summed E-state index contributed by atoms with van der Waals surface area (Å²) in [7, 11) is 0. The van der Waals surface area contributed by atoms with Gasteiger partial charge in [-0.05, 0) is 80.4 Å². The highest BCUT2D eigenvalue weighted by molar-refractivity contribution is 5.84. The number of aromatic nitrogens is 3. The van der Waals surface area contributed by atoms with Crippen molar-refractivity contribution in [3.8, 4) is 22.8 Å². The van der Waals surface area contributed by atoms with Crippen LogP contribution in [0.3, 0.4) is 0 Å². The summed E-state index contributed by atoms with van der Waals surface area (Å²) in [5, 5.41) is 4.16. The molecule has 0 amide bonds. The summed E-state index contributed by atoms with van der Waals surface area (Å²) in [4.78, 5) is 14.3. The Morgan fingerprint density at radius 2 is 1.73 bits per heavy atom. The van der Waals surface area contributed by atoms with Gasteiger partial charge in [0.15, 0.2) is 0 Å². The third-order valence-corrected chi connectivity index (χ3v) is 7.17. The third kappa shape index (κ3) is 6.01. The molecule has 1 aliphatic heterocycles. The highest BCUT2D eigenvalue weighted by Crippen LogP contribution is 2.32. The lowest BCUT2D eigenvalue weighted by Crippen LogP contribution is -2.19. The Morgan fingerprint density at radius 3 is 2.44 bits per heavy atom. The number of aryl methyl sites for hydroxylation is 1. The number of nitrogens with one attached hydrogen (secondary N) is 1. The lowest BCUT2D eigenvalue weighted by Gasteiger charge is -2.22. The van der Waals surface area contributed by atoms with Gasteiger partial charge < -0.3 is 14.6 Å². The molecule has 0 spiro atoms. The highest BCUT2D eigenvalue weighted by Gasteiger charge is 2.31. The fourth-order valence-electron chi connectivity index (χ4n) is 5.26. The van der Waals surface area contributed by atoms with Crippen molar-refractivity contribution in [2.24, 2.45) is 4.99 Å². The minimum absolute atomic E-state index is 0.174. The van der Waals surface area contributed by atoms with Crippen LogP contribution in [0.1, 0.15) is 37.8 Å². The second-order valence-electron chi connectivity index (χ2n) is 10.2. The number of benzene rings is 3. The predicted octanol–water partition coefficient (Wildman–Crippen LogP) is 7.85. The fraction of sp³-hybridized carbons (Fsp3) is 0.258. The van der Waals surface area contributed by atoms with Gasteiger partial charge in [0, 0.05) is 17.4 Å². The molecule has 0 radical (unpaired) electrons. The Hall–Kier alpha value is -4.47. The van der Waals surface area contributed by atoms with Crippen molar-refractivity contribution < 1.29 is 22.3 Å². The van der Waals surface area contributed by atoms with Crippen LogP contribution in [0.25, 0.3) is 28.1 Å². The van der Waals surface area contributed by atoms with E-state index in [1.54, 1.807) is 12.3 Å². The van der Waals surface area contributed by atoms with Gasteiger partial charge in [-0.3, -0.25) is 9.98 Å². The number of anilines is 2. The summed E-state index contributed by atoms with van der Waals surface area (Å²) in [6.45, 7) is 1.92. The van der Waals surface area contributed by atoms with Crippen LogP contribution in [-0.2, 0) is 0 Å². The van der Waals surface area contributed by atoms with Crippen LogP contribution < -0.4 is 15.4 Å². The maximum absolute atomic E-state index is 14.3. The Kier molecular flexibility index (Phi) is 7.07. The van der Waals surface area contributed by atoms with Gasteiger partial charge in [-0.2, -0.15) is 0 Å². The molecule has 6 rings (SSSR count). The molecule has 1 N–H and O–H groups in total. The molecule has 41 heavy (non-hydrogen) atoms. The van der Waals surface area contributed by atoms with E-state index in [4.69, 9.17) is 9.98 Å². The van der Waals surface area contributed by atoms with Gasteiger partial charge in [-0.1, -0.05) is 19.3 Å². The first-order valence-corrected chi connectivity index (χ1v) is 13.5. The van der Waals surface area contributed by atoms with Crippen molar-refractivity contribution >= 4 is 22.4 Å². The molecule has 0 saturated heterocycles. The molecule has 3 aliphatic rings. The van der Waals surface area contributed by atoms with E-state index in [-0.39, 0.29) is 11.8 Å². The first-order valence-electron chi connectivity index (χ1n) is 13.5. The summed E-state index contributed by atoms with van der Waals surface area (Å²) in [6.07, 6.45) is 2.39. The van der Waals surface area contributed by atoms with Crippen LogP contribution in [-0.4, -0.2) is 26.9 Å². The molecule has 10 heteroatoms. The lowest BCUT2D eigenvalue weighted by molar-refractivity contribution is -0.274. The molecule has 0 unspecified atom stereocenters. The number of hydrogen-bond acceptors (Lipinski definition) is 5. The van der Waals surface area contributed by atoms with Gasteiger partial charge in [-0.25, -0.2) is 9.37 Å². The molecule has 2 aliphatic carbocycles. The Bertz CT molecular complexity index is 1720. The molecule has 1 fully saturated rings. The molecule has 6 nitrogen and oxygen atoms in total. The van der Waals surface area contributed by atoms with Crippen molar-refractivity contribution in [1.82, 2.24) is 14.5 Å². The molecule has 3 aromatic rings. The van der Waals surface area contributed by atoms with Crippen molar-refractivity contribution in [3.05, 3.63) is 89.8 Å². The van der Waals surface area contributed by atoms with Crippen LogP contribution in [0.2, 0.25) is 0 Å². The smallest absolute Gasteiger partial charge is 0.406 e. The average Bonchev–Trinajstić information content (AvgIpc) is 2.94. The number of ether oxygens (including phenoxy) is 1. The topological polar surface area (TPSA) is 64.3 Å². The zero-order valence-electron chi connectivity index (χ0n) is 22.3. The minimum Gasteiger partial charge on any atom is -0.406 e. The first kappa shape index (κ1) is 26.7. The van der Waals surface area contributed by atoms with E-state index in [9.17, 15) is 17.6 Å². The molecule has 2 heterocycles. The number of halogens is 4. The van der Waals surface area contributed by atoms with Gasteiger partial charge in [0.25, 0.3) is 0 Å². The van der Waals surface area contributed by atoms with Crippen LogP contribution in [0.15, 0.2) is 77.9 Å². The average molecular weight is 562 g/mol. The van der Waals surface area contributed by atoms with Crippen molar-refractivity contribution in [2.75, 3.05) is 5.32 Å². The van der Waals surface area contributed by atoms with E-state index in [0.29, 0.717) is 28.1 Å². The van der Waals surface area contributed by atoms with Crippen LogP contribution in [0, 0.1) is 12.7 Å². The standard InChI is InChI=1S/C31H27F4N5O/c1-19-7-9-22(18-36-19)38-25-16-28-30(17-26(25)37-21-5-3-2-4-6-21)40(29-14-8-20(32)15-27(29)39-28)23-10-12-24(13-11-23)41-31(33,34)35/h7-18,21,38H,2-6H2,1H3. The maximum atomic E-state index is 14.3. The van der Waals surface area contributed by atoms with E-state index >= 15 is 0 Å². The number of fused-ring (bicyclic) bond motifs is 2. The second-order valence-corrected chi connectivity index (χ2v) is 10.2. The highest BCUT2D eigenvalue weighted by atomic mass is 19.4. The van der Waals surface area contributed by atoms with Gasteiger partial charge in [0.2, 0.25) is 0 Å². The minimum atomic E-state index is -4.80. The zero-order chi connectivity index (χ0) is 28.6. The normalized spacial score (nSPS) is 15.0. The van der Waals surface area contributed by atoms with Crippen LogP contribution in [0.4, 0.5) is 28.9 Å². The predicted molar refractivity (Wildman–Crippen MR) is 149 cm³/mol. The summed E-state index contributed by atoms with van der Waals surface area (Å²) in [5.41, 5.74) is 5.20. The Balaban J connectivity index is 1.57. The largest absolute Gasteiger partial charge is 0.573 e. The first-order chi connectivity index (χ1) is 19.7. The van der Waals surface area contributed by atoms with Crippen molar-refractivity contribution in [2.45, 2.75) is 51.4 Å². The number of nitrogens with zero attached hydrogens (tertiary/aromatic N) is 4. The Labute approximate surface area is 233 Å². The molecular formula is C31H27F4N5O. The van der Waals surface area contributed by atoms with Gasteiger partial charge in [-0.15, -0.1) is 13.2 Å². The summed E-state index contributed by atoms with van der Waals surface area (Å²) in [5.74, 6) is -0.778. The van der Waals surface area contributed by atoms with Crippen molar-refractivity contribution in [3.63, 3.8) is 0 Å². The number of rotatable bonds is 5. The molecule has 0 bridgehead atoms. The van der Waals surface area contributed by atoms with Gasteiger partial charge in [0.05, 0.1) is 51.4 Å². The fourth-order valence-corrected chi connectivity index (χ4v) is 5.26. The molecule has 1 saturated carbocycles. The summed E-state index contributed by atoms with van der Waals surface area (Å²) in [6, 6.07) is 17.7. The summed E-state index contributed by atoms with van der Waals surface area (Å²) >= 11 is 0. The van der Waals surface area contributed by atoms with Crippen molar-refractivity contribution in [1.29, 1.82) is 0 Å². The van der Waals surface area contributed by atoms with Crippen LogP contribution >= 0.6 is 0 Å². The summed E-state index contributed by atoms with van der Waals surface area (Å²) < 4.78 is 58.6. The van der Waals surface area contributed by atoms with E-state index in [0.717, 1.165) is 48.1 Å². The molecule has 2 aromatic carbocycles. The van der Waals surface area contributed by atoms with E-state index < -0.39 is 12.2 Å². The molecular weight excluding hydrogens is 534 g/mol. The molecule has 1 aromatic heterocycles. The van der Waals surface area contributed by atoms with E-state index in [1.165, 1.54) is 42.8 Å². The SMILES string of the molecule is Cc1ccc(Nc2cc3nc4cc(F)ccc4n(-c4ccc(OC(F)(F)F)cc4)c-3cc2=NC2CCCCC2)cn1. The number of pyridine rings is 1. The number of hydrogen-bond donors (Lipinski definition) is 1. The monoisotopic (exact) mass is 561 g/mol. The van der Waals surface area contributed by atoms with Gasteiger partial charge in [0.1, 0.15) is 11.6 Å². The third-order valence-electron chi connectivity index (χ3n) is 7.17. The second kappa shape index (κ2) is 10.8. The van der Waals surface area contributed by atoms with Gasteiger partial charge >= 0.3 is 6.36 Å². The molecule has 0 atom stereocenters. The quantitative estimate of drug-likeness (QED) is 0.175.